The second-order valence-electron chi connectivity index (χ2n) is 6.42. The fourth-order valence-electron chi connectivity index (χ4n) is 3.06. The van der Waals surface area contributed by atoms with Gasteiger partial charge in [-0.3, -0.25) is 9.48 Å². The zero-order valence-corrected chi connectivity index (χ0v) is 15.3. The monoisotopic (exact) mass is 373 g/mol. The molecule has 1 amide bonds. The molecule has 2 atom stereocenters. The number of carbonyl (C=O) groups is 2. The number of carboxylic acids is 1. The van der Waals surface area contributed by atoms with Crippen molar-refractivity contribution in [3.63, 3.8) is 0 Å². The first-order chi connectivity index (χ1) is 13.0. The minimum Gasteiger partial charge on any atom is -0.486 e. The maximum atomic E-state index is 12.7. The van der Waals surface area contributed by atoms with Crippen LogP contribution in [0.1, 0.15) is 39.9 Å². The number of aromatic nitrogens is 2. The van der Waals surface area contributed by atoms with Crippen molar-refractivity contribution in [3.8, 4) is 5.75 Å². The lowest BCUT2D eigenvalue weighted by molar-refractivity contribution is -0.0136. The molecule has 1 aliphatic heterocycles. The number of aromatic carboxylic acids is 1. The molecular formula is C19H23N3O5. The Labute approximate surface area is 157 Å². The summed E-state index contributed by atoms with van der Waals surface area (Å²) in [4.78, 5) is 23.6. The molecule has 2 aromatic rings. The second-order valence-corrected chi connectivity index (χ2v) is 6.42. The van der Waals surface area contributed by atoms with Gasteiger partial charge in [0.1, 0.15) is 17.5 Å². The van der Waals surface area contributed by atoms with E-state index in [1.807, 2.05) is 13.8 Å². The van der Waals surface area contributed by atoms with Crippen LogP contribution in [-0.4, -0.2) is 52.1 Å². The smallest absolute Gasteiger partial charge is 0.335 e. The van der Waals surface area contributed by atoms with E-state index in [0.717, 1.165) is 5.69 Å². The molecule has 144 valence electrons. The highest BCUT2D eigenvalue weighted by Crippen LogP contribution is 2.19. The quantitative estimate of drug-likeness (QED) is 0.801. The number of amides is 1. The number of benzene rings is 1. The number of nitrogens with one attached hydrogen (secondary N) is 1. The Morgan fingerprint density at radius 1 is 1.37 bits per heavy atom. The fraction of sp³-hybridized carbons (Fsp3) is 0.421. The van der Waals surface area contributed by atoms with Crippen LogP contribution in [0.3, 0.4) is 0 Å². The van der Waals surface area contributed by atoms with E-state index >= 15 is 0 Å². The molecule has 0 radical (unpaired) electrons. The molecule has 0 unspecified atom stereocenters. The third kappa shape index (κ3) is 4.46. The Bertz CT molecular complexity index is 815. The highest BCUT2D eigenvalue weighted by molar-refractivity contribution is 5.93. The van der Waals surface area contributed by atoms with Gasteiger partial charge >= 0.3 is 5.97 Å². The van der Waals surface area contributed by atoms with Crippen LogP contribution in [0.25, 0.3) is 0 Å². The maximum Gasteiger partial charge on any atom is 0.335 e. The van der Waals surface area contributed by atoms with Gasteiger partial charge in [0, 0.05) is 13.2 Å². The van der Waals surface area contributed by atoms with Gasteiger partial charge < -0.3 is 19.9 Å². The van der Waals surface area contributed by atoms with Crippen LogP contribution >= 0.6 is 0 Å². The molecule has 0 spiro atoms. The molecule has 0 saturated carbocycles. The minimum absolute atomic E-state index is 0.190. The number of ether oxygens (including phenoxy) is 2. The molecule has 27 heavy (non-hydrogen) atoms. The summed E-state index contributed by atoms with van der Waals surface area (Å²) in [6.45, 7) is 5.28. The van der Waals surface area contributed by atoms with E-state index in [0.29, 0.717) is 37.6 Å². The standard InChI is InChI=1S/C19H23N3O5/c1-3-22-16(10-12(2)21-22)18(23)20-15-8-9-26-11-17(15)27-14-6-4-13(5-7-14)19(24)25/h4-7,10,15,17H,3,8-9,11H2,1-2H3,(H,20,23)(H,24,25)/t15-,17-/m1/s1. The normalized spacial score (nSPS) is 19.5. The van der Waals surface area contributed by atoms with Gasteiger partial charge in [0.05, 0.1) is 23.9 Å². The largest absolute Gasteiger partial charge is 0.486 e. The molecular weight excluding hydrogens is 350 g/mol. The molecule has 1 aromatic heterocycles. The summed E-state index contributed by atoms with van der Waals surface area (Å²) < 4.78 is 13.1. The van der Waals surface area contributed by atoms with Gasteiger partial charge in [-0.15, -0.1) is 0 Å². The first-order valence-corrected chi connectivity index (χ1v) is 8.91. The van der Waals surface area contributed by atoms with Crippen LogP contribution in [-0.2, 0) is 11.3 Å². The molecule has 8 nitrogen and oxygen atoms in total. The summed E-state index contributed by atoms with van der Waals surface area (Å²) in [5.41, 5.74) is 1.50. The summed E-state index contributed by atoms with van der Waals surface area (Å²) in [6, 6.07) is 7.72. The average Bonchev–Trinajstić information content (AvgIpc) is 3.05. The zero-order chi connectivity index (χ0) is 19.4. The maximum absolute atomic E-state index is 12.7. The SMILES string of the molecule is CCn1nc(C)cc1C(=O)N[C@@H]1CCOC[C@H]1Oc1ccc(C(=O)O)cc1. The van der Waals surface area contributed by atoms with Crippen LogP contribution in [0.2, 0.25) is 0 Å². The zero-order valence-electron chi connectivity index (χ0n) is 15.3. The summed E-state index contributed by atoms with van der Waals surface area (Å²) in [7, 11) is 0. The predicted molar refractivity (Wildman–Crippen MR) is 97.1 cm³/mol. The van der Waals surface area contributed by atoms with E-state index in [1.54, 1.807) is 22.9 Å². The molecule has 2 heterocycles. The van der Waals surface area contributed by atoms with E-state index in [9.17, 15) is 9.59 Å². The Morgan fingerprint density at radius 3 is 2.78 bits per heavy atom. The number of nitrogens with zero attached hydrogens (tertiary/aromatic N) is 2. The van der Waals surface area contributed by atoms with Gasteiger partial charge in [0.2, 0.25) is 0 Å². The van der Waals surface area contributed by atoms with Gasteiger partial charge in [-0.05, 0) is 50.6 Å². The topological polar surface area (TPSA) is 103 Å². The van der Waals surface area contributed by atoms with Crippen LogP contribution in [0, 0.1) is 6.92 Å². The van der Waals surface area contributed by atoms with Crippen LogP contribution < -0.4 is 10.1 Å². The summed E-state index contributed by atoms with van der Waals surface area (Å²) in [5.74, 6) is -0.654. The van der Waals surface area contributed by atoms with Crippen molar-refractivity contribution in [1.82, 2.24) is 15.1 Å². The first-order valence-electron chi connectivity index (χ1n) is 8.91. The second kappa shape index (κ2) is 8.22. The van der Waals surface area contributed by atoms with Crippen molar-refractivity contribution in [2.75, 3.05) is 13.2 Å². The van der Waals surface area contributed by atoms with Gasteiger partial charge in [0.25, 0.3) is 5.91 Å². The lowest BCUT2D eigenvalue weighted by atomic mass is 10.1. The fourth-order valence-corrected chi connectivity index (χ4v) is 3.06. The molecule has 1 aromatic carbocycles. The van der Waals surface area contributed by atoms with Gasteiger partial charge in [-0.25, -0.2) is 4.79 Å². The summed E-state index contributed by atoms with van der Waals surface area (Å²) >= 11 is 0. The number of rotatable bonds is 6. The molecule has 0 bridgehead atoms. The Hall–Kier alpha value is -2.87. The molecule has 3 rings (SSSR count). The highest BCUT2D eigenvalue weighted by atomic mass is 16.5. The van der Waals surface area contributed by atoms with Gasteiger partial charge in [-0.1, -0.05) is 0 Å². The van der Waals surface area contributed by atoms with E-state index in [-0.39, 0.29) is 23.6 Å². The summed E-state index contributed by atoms with van der Waals surface area (Å²) in [6.07, 6.45) is 0.264. The van der Waals surface area contributed by atoms with Crippen LogP contribution in [0.15, 0.2) is 30.3 Å². The average molecular weight is 373 g/mol. The van der Waals surface area contributed by atoms with Crippen LogP contribution in [0.4, 0.5) is 0 Å². The van der Waals surface area contributed by atoms with E-state index in [1.165, 1.54) is 12.1 Å². The first kappa shape index (κ1) is 18.9. The number of hydrogen-bond acceptors (Lipinski definition) is 5. The van der Waals surface area contributed by atoms with Crippen molar-refractivity contribution in [2.45, 2.75) is 39.0 Å². The Kier molecular flexibility index (Phi) is 5.75. The van der Waals surface area contributed by atoms with Crippen LogP contribution in [0.5, 0.6) is 5.75 Å². The molecule has 2 N–H and O–H groups in total. The molecule has 1 aliphatic rings. The number of hydrogen-bond donors (Lipinski definition) is 2. The molecule has 0 aliphatic carbocycles. The lowest BCUT2D eigenvalue weighted by Crippen LogP contribution is -2.51. The third-order valence-corrected chi connectivity index (χ3v) is 4.44. The van der Waals surface area contributed by atoms with E-state index < -0.39 is 5.97 Å². The summed E-state index contributed by atoms with van der Waals surface area (Å²) in [5, 5.41) is 16.3. The minimum atomic E-state index is -0.990. The molecule has 1 fully saturated rings. The Morgan fingerprint density at radius 2 is 2.11 bits per heavy atom. The predicted octanol–water partition coefficient (Wildman–Crippen LogP) is 1.88. The highest BCUT2D eigenvalue weighted by Gasteiger charge is 2.30. The molecule has 8 heteroatoms. The number of carboxylic acid groups (broad SMARTS) is 1. The molecule has 1 saturated heterocycles. The van der Waals surface area contributed by atoms with E-state index in [4.69, 9.17) is 14.6 Å². The lowest BCUT2D eigenvalue weighted by Gasteiger charge is -2.32. The number of carbonyl (C=O) groups excluding carboxylic acids is 1. The van der Waals surface area contributed by atoms with E-state index in [2.05, 4.69) is 10.4 Å². The Balaban J connectivity index is 1.69. The van der Waals surface area contributed by atoms with Crippen molar-refractivity contribution in [1.29, 1.82) is 0 Å². The number of aryl methyl sites for hydroxylation is 2. The van der Waals surface area contributed by atoms with Crippen molar-refractivity contribution < 1.29 is 24.2 Å². The van der Waals surface area contributed by atoms with Crippen molar-refractivity contribution in [2.24, 2.45) is 0 Å². The third-order valence-electron chi connectivity index (χ3n) is 4.44. The van der Waals surface area contributed by atoms with Gasteiger partial charge in [-0.2, -0.15) is 5.10 Å². The van der Waals surface area contributed by atoms with Gasteiger partial charge in [0.15, 0.2) is 0 Å². The van der Waals surface area contributed by atoms with Crippen molar-refractivity contribution in [3.05, 3.63) is 47.3 Å². The van der Waals surface area contributed by atoms with Crippen molar-refractivity contribution >= 4 is 11.9 Å².